The number of fused-ring (bicyclic) bond motifs is 4. The second kappa shape index (κ2) is 8.60. The number of allylic oxidation sites excluding steroid dienone is 2. The predicted molar refractivity (Wildman–Crippen MR) is 140 cm³/mol. The molecule has 4 aliphatic rings. The van der Waals surface area contributed by atoms with Crippen molar-refractivity contribution < 1.29 is 13.9 Å². The van der Waals surface area contributed by atoms with Gasteiger partial charge < -0.3 is 13.9 Å². The topological polar surface area (TPSA) is 27.7 Å². The van der Waals surface area contributed by atoms with Gasteiger partial charge in [-0.2, -0.15) is 0 Å². The maximum atomic E-state index is 7.17. The van der Waals surface area contributed by atoms with Gasteiger partial charge in [0, 0.05) is 27.1 Å². The van der Waals surface area contributed by atoms with E-state index in [1.165, 1.54) is 25.7 Å². The van der Waals surface area contributed by atoms with E-state index in [2.05, 4.69) is 60.4 Å². The van der Waals surface area contributed by atoms with Crippen LogP contribution in [0.15, 0.2) is 23.8 Å². The molecule has 188 valence electrons. The smallest absolute Gasteiger partial charge is 0.192 e. The zero-order valence-electron chi connectivity index (χ0n) is 22.9. The van der Waals surface area contributed by atoms with Crippen molar-refractivity contribution in [3.8, 4) is 0 Å². The molecule has 4 heteroatoms. The molecule has 0 aromatic rings. The van der Waals surface area contributed by atoms with E-state index in [1.807, 2.05) is 14.2 Å². The van der Waals surface area contributed by atoms with E-state index >= 15 is 0 Å². The SMILES string of the molecule is C=C[C@H]1C[C@@]2(C)C(CC[C@@H]2O[Si](C)(C)C(C)(C)C)C2C1C1=C(C[C@H]2C)CC(OC)(OC)CC1. The number of hydrogen-bond acceptors (Lipinski definition) is 3. The molecule has 0 aromatic carbocycles. The Balaban J connectivity index is 1.67. The van der Waals surface area contributed by atoms with Gasteiger partial charge >= 0.3 is 0 Å². The van der Waals surface area contributed by atoms with Gasteiger partial charge in [-0.25, -0.2) is 0 Å². The molecule has 0 heterocycles. The highest BCUT2D eigenvalue weighted by Crippen LogP contribution is 2.65. The first-order valence-electron chi connectivity index (χ1n) is 13.4. The standard InChI is InChI=1S/C29H50O3Si/c1-11-20-17-28(6)23(12-13-24(28)32-33(9,10)27(3,4)5)25-19(2)16-21-18-29(30-7,31-8)15-14-22(21)26(20)25/h11,19-20,23-26H,1,12-18H2,2-10H3/t19-,20+,23?,24+,25?,26?,28+/m1/s1. The fourth-order valence-corrected chi connectivity index (χ4v) is 9.55. The lowest BCUT2D eigenvalue weighted by molar-refractivity contribution is -0.214. The number of ether oxygens (including phenoxy) is 2. The first-order chi connectivity index (χ1) is 15.3. The van der Waals surface area contributed by atoms with Gasteiger partial charge in [0.25, 0.3) is 0 Å². The summed E-state index contributed by atoms with van der Waals surface area (Å²) in [6, 6.07) is 0. The zero-order valence-corrected chi connectivity index (χ0v) is 23.9. The quantitative estimate of drug-likeness (QED) is 0.232. The maximum absolute atomic E-state index is 7.17. The highest BCUT2D eigenvalue weighted by Gasteiger charge is 2.61. The Morgan fingerprint density at radius 3 is 2.36 bits per heavy atom. The summed E-state index contributed by atoms with van der Waals surface area (Å²) >= 11 is 0. The Kier molecular flexibility index (Phi) is 6.69. The van der Waals surface area contributed by atoms with Crippen LogP contribution in [0.2, 0.25) is 18.1 Å². The van der Waals surface area contributed by atoms with Crippen molar-refractivity contribution in [2.45, 2.75) is 110 Å². The average molecular weight is 475 g/mol. The van der Waals surface area contributed by atoms with Crippen LogP contribution in [0.4, 0.5) is 0 Å². The van der Waals surface area contributed by atoms with Gasteiger partial charge in [-0.1, -0.05) is 51.8 Å². The van der Waals surface area contributed by atoms with Crippen LogP contribution in [-0.2, 0) is 13.9 Å². The van der Waals surface area contributed by atoms with Crippen LogP contribution < -0.4 is 0 Å². The third-order valence-corrected chi connectivity index (χ3v) is 15.5. The van der Waals surface area contributed by atoms with Gasteiger partial charge in [-0.05, 0) is 85.2 Å². The monoisotopic (exact) mass is 474 g/mol. The molecule has 0 amide bonds. The normalized spacial score (nSPS) is 40.8. The molecule has 2 fully saturated rings. The third-order valence-electron chi connectivity index (χ3n) is 11.0. The van der Waals surface area contributed by atoms with Gasteiger partial charge in [-0.15, -0.1) is 6.58 Å². The molecular formula is C29H50O3Si. The molecule has 0 spiro atoms. The maximum Gasteiger partial charge on any atom is 0.192 e. The van der Waals surface area contributed by atoms with Gasteiger partial charge in [0.2, 0.25) is 0 Å². The van der Waals surface area contributed by atoms with Gasteiger partial charge in [-0.3, -0.25) is 0 Å². The Hall–Kier alpha value is -0.423. The largest absolute Gasteiger partial charge is 0.413 e. The molecule has 33 heavy (non-hydrogen) atoms. The molecule has 0 bridgehead atoms. The van der Waals surface area contributed by atoms with E-state index in [4.69, 9.17) is 13.9 Å². The van der Waals surface area contributed by atoms with Crippen LogP contribution in [0.25, 0.3) is 0 Å². The zero-order chi connectivity index (χ0) is 24.4. The van der Waals surface area contributed by atoms with E-state index < -0.39 is 14.1 Å². The number of rotatable bonds is 5. The van der Waals surface area contributed by atoms with Crippen LogP contribution in [0, 0.1) is 35.0 Å². The minimum Gasteiger partial charge on any atom is -0.413 e. The lowest BCUT2D eigenvalue weighted by Gasteiger charge is -2.58. The van der Waals surface area contributed by atoms with E-state index in [9.17, 15) is 0 Å². The highest BCUT2D eigenvalue weighted by molar-refractivity contribution is 6.74. The van der Waals surface area contributed by atoms with E-state index in [0.29, 0.717) is 23.9 Å². The lowest BCUT2D eigenvalue weighted by Crippen LogP contribution is -2.54. The van der Waals surface area contributed by atoms with Gasteiger partial charge in [0.15, 0.2) is 14.1 Å². The molecule has 4 rings (SSSR count). The van der Waals surface area contributed by atoms with Crippen molar-refractivity contribution in [2.75, 3.05) is 14.2 Å². The summed E-state index contributed by atoms with van der Waals surface area (Å²) in [4.78, 5) is 0. The molecular weight excluding hydrogens is 424 g/mol. The molecule has 3 nitrogen and oxygen atoms in total. The Bertz CT molecular complexity index is 789. The first kappa shape index (κ1) is 25.7. The first-order valence-corrected chi connectivity index (χ1v) is 16.3. The summed E-state index contributed by atoms with van der Waals surface area (Å²) in [7, 11) is 1.82. The molecule has 2 saturated carbocycles. The molecule has 0 saturated heterocycles. The van der Waals surface area contributed by atoms with Crippen LogP contribution in [0.1, 0.15) is 79.6 Å². The Morgan fingerprint density at radius 1 is 1.12 bits per heavy atom. The fraction of sp³-hybridized carbons (Fsp3) is 0.862. The summed E-state index contributed by atoms with van der Waals surface area (Å²) in [5.74, 6) is 2.97. The average Bonchev–Trinajstić information content (AvgIpc) is 3.06. The lowest BCUT2D eigenvalue weighted by atomic mass is 9.48. The van der Waals surface area contributed by atoms with Crippen molar-refractivity contribution >= 4 is 8.32 Å². The summed E-state index contributed by atoms with van der Waals surface area (Å²) in [5, 5.41) is 0.256. The molecule has 0 aliphatic heterocycles. The minimum absolute atomic E-state index is 0.256. The Morgan fingerprint density at radius 2 is 1.79 bits per heavy atom. The van der Waals surface area contributed by atoms with Gasteiger partial charge in [0.05, 0.1) is 6.10 Å². The van der Waals surface area contributed by atoms with Crippen molar-refractivity contribution in [3.63, 3.8) is 0 Å². The second-order valence-electron chi connectivity index (χ2n) is 13.6. The fourth-order valence-electron chi connectivity index (χ4n) is 8.10. The van der Waals surface area contributed by atoms with Crippen LogP contribution in [0.5, 0.6) is 0 Å². The third kappa shape index (κ3) is 4.05. The molecule has 7 atom stereocenters. The molecule has 0 N–H and O–H groups in total. The van der Waals surface area contributed by atoms with Crippen molar-refractivity contribution in [1.82, 2.24) is 0 Å². The second-order valence-corrected chi connectivity index (χ2v) is 18.3. The summed E-state index contributed by atoms with van der Waals surface area (Å²) in [6.07, 6.45) is 10.7. The minimum atomic E-state index is -1.80. The van der Waals surface area contributed by atoms with Crippen molar-refractivity contribution in [2.24, 2.45) is 35.0 Å². The van der Waals surface area contributed by atoms with Crippen LogP contribution in [0.3, 0.4) is 0 Å². The number of methoxy groups -OCH3 is 2. The van der Waals surface area contributed by atoms with Crippen molar-refractivity contribution in [3.05, 3.63) is 23.8 Å². The van der Waals surface area contributed by atoms with E-state index in [1.54, 1.807) is 11.1 Å². The van der Waals surface area contributed by atoms with Crippen molar-refractivity contribution in [1.29, 1.82) is 0 Å². The Labute approximate surface area is 204 Å². The molecule has 4 aliphatic carbocycles. The van der Waals surface area contributed by atoms with E-state index in [-0.39, 0.29) is 10.5 Å². The summed E-state index contributed by atoms with van der Waals surface area (Å²) in [5.41, 5.74) is 3.63. The van der Waals surface area contributed by atoms with Crippen LogP contribution >= 0.6 is 0 Å². The predicted octanol–water partition coefficient (Wildman–Crippen LogP) is 7.74. The molecule has 0 aromatic heterocycles. The highest BCUT2D eigenvalue weighted by atomic mass is 28.4. The van der Waals surface area contributed by atoms with Crippen LogP contribution in [-0.4, -0.2) is 34.4 Å². The molecule has 0 radical (unpaired) electrons. The summed E-state index contributed by atoms with van der Waals surface area (Å²) < 4.78 is 18.9. The summed E-state index contributed by atoms with van der Waals surface area (Å²) in [6.45, 7) is 21.5. The number of hydrogen-bond donors (Lipinski definition) is 0. The van der Waals surface area contributed by atoms with E-state index in [0.717, 1.165) is 31.1 Å². The molecule has 3 unspecified atom stereocenters. The van der Waals surface area contributed by atoms with Gasteiger partial charge in [0.1, 0.15) is 0 Å².